The first-order chi connectivity index (χ1) is 9.24. The van der Waals surface area contributed by atoms with Crippen molar-refractivity contribution in [3.05, 3.63) is 58.3 Å². The van der Waals surface area contributed by atoms with Crippen molar-refractivity contribution >= 4 is 15.9 Å². The van der Waals surface area contributed by atoms with E-state index in [1.165, 1.54) is 5.56 Å². The van der Waals surface area contributed by atoms with Gasteiger partial charge in [-0.15, -0.1) is 0 Å². The molecule has 0 saturated heterocycles. The third-order valence-electron chi connectivity index (χ3n) is 2.89. The van der Waals surface area contributed by atoms with E-state index in [9.17, 15) is 0 Å². The summed E-state index contributed by atoms with van der Waals surface area (Å²) in [7, 11) is 1.68. The van der Waals surface area contributed by atoms with Crippen molar-refractivity contribution in [3.63, 3.8) is 0 Å². The molecule has 0 fully saturated rings. The van der Waals surface area contributed by atoms with Gasteiger partial charge in [0, 0.05) is 16.9 Å². The molecule has 1 aromatic heterocycles. The van der Waals surface area contributed by atoms with Crippen LogP contribution in [-0.2, 0) is 0 Å². The molecular weight excluding hydrogens is 304 g/mol. The first-order valence-corrected chi connectivity index (χ1v) is 7.01. The summed E-state index contributed by atoms with van der Waals surface area (Å²) in [6.45, 7) is 2.98. The topological polar surface area (TPSA) is 34.2 Å². The summed E-state index contributed by atoms with van der Waals surface area (Å²) in [5.74, 6) is 0.864. The Morgan fingerprint density at radius 3 is 2.79 bits per heavy atom. The number of halogens is 1. The van der Waals surface area contributed by atoms with Gasteiger partial charge in [0.15, 0.2) is 0 Å². The molecule has 0 aliphatic rings. The van der Waals surface area contributed by atoms with Gasteiger partial charge in [0.2, 0.25) is 0 Å². The lowest BCUT2D eigenvalue weighted by atomic mass is 10.00. The molecule has 1 heterocycles. The van der Waals surface area contributed by atoms with Crippen molar-refractivity contribution in [3.8, 4) is 5.75 Å². The highest BCUT2D eigenvalue weighted by molar-refractivity contribution is 9.10. The molecule has 100 valence electrons. The van der Waals surface area contributed by atoms with E-state index in [-0.39, 0.29) is 6.04 Å². The van der Waals surface area contributed by atoms with Gasteiger partial charge in [-0.1, -0.05) is 19.1 Å². The van der Waals surface area contributed by atoms with Gasteiger partial charge in [0.05, 0.1) is 13.2 Å². The highest BCUT2D eigenvalue weighted by Crippen LogP contribution is 2.26. The van der Waals surface area contributed by atoms with Crippen LogP contribution in [0.25, 0.3) is 0 Å². The van der Waals surface area contributed by atoms with Crippen molar-refractivity contribution in [1.29, 1.82) is 0 Å². The molecular formula is C15H17BrN2O. The maximum Gasteiger partial charge on any atom is 0.119 e. The molecule has 0 amide bonds. The molecule has 1 atom stereocenters. The molecule has 0 aliphatic heterocycles. The van der Waals surface area contributed by atoms with Crippen LogP contribution in [0, 0.1) is 0 Å². The van der Waals surface area contributed by atoms with E-state index < -0.39 is 0 Å². The highest BCUT2D eigenvalue weighted by atomic mass is 79.9. The van der Waals surface area contributed by atoms with E-state index >= 15 is 0 Å². The Labute approximate surface area is 122 Å². The SMILES string of the molecule is CCNC(c1cncc(Br)c1)c1cccc(OC)c1. The zero-order chi connectivity index (χ0) is 13.7. The molecule has 0 radical (unpaired) electrons. The van der Waals surface area contributed by atoms with Gasteiger partial charge in [-0.25, -0.2) is 0 Å². The number of ether oxygens (including phenoxy) is 1. The zero-order valence-corrected chi connectivity index (χ0v) is 12.6. The summed E-state index contributed by atoms with van der Waals surface area (Å²) in [4.78, 5) is 4.24. The molecule has 1 N–H and O–H groups in total. The lowest BCUT2D eigenvalue weighted by Gasteiger charge is -2.19. The van der Waals surface area contributed by atoms with Crippen LogP contribution in [0.5, 0.6) is 5.75 Å². The Bertz CT molecular complexity index is 545. The quantitative estimate of drug-likeness (QED) is 0.914. The lowest BCUT2D eigenvalue weighted by Crippen LogP contribution is -2.22. The average molecular weight is 321 g/mol. The molecule has 1 aromatic carbocycles. The highest BCUT2D eigenvalue weighted by Gasteiger charge is 2.14. The van der Waals surface area contributed by atoms with Gasteiger partial charge in [-0.3, -0.25) is 4.98 Å². The summed E-state index contributed by atoms with van der Waals surface area (Å²) in [6.07, 6.45) is 3.68. The zero-order valence-electron chi connectivity index (χ0n) is 11.1. The first-order valence-electron chi connectivity index (χ1n) is 6.22. The number of benzene rings is 1. The summed E-state index contributed by atoms with van der Waals surface area (Å²) < 4.78 is 6.27. The van der Waals surface area contributed by atoms with Crippen LogP contribution >= 0.6 is 15.9 Å². The van der Waals surface area contributed by atoms with Crippen molar-refractivity contribution in [1.82, 2.24) is 10.3 Å². The van der Waals surface area contributed by atoms with Crippen LogP contribution in [0.3, 0.4) is 0 Å². The smallest absolute Gasteiger partial charge is 0.119 e. The fourth-order valence-electron chi connectivity index (χ4n) is 2.04. The number of nitrogens with one attached hydrogen (secondary N) is 1. The fraction of sp³-hybridized carbons (Fsp3) is 0.267. The molecule has 0 saturated carbocycles. The average Bonchev–Trinajstić information content (AvgIpc) is 2.45. The molecule has 19 heavy (non-hydrogen) atoms. The fourth-order valence-corrected chi connectivity index (χ4v) is 2.42. The van der Waals surface area contributed by atoms with Gasteiger partial charge >= 0.3 is 0 Å². The molecule has 0 bridgehead atoms. The van der Waals surface area contributed by atoms with E-state index in [0.717, 1.165) is 22.3 Å². The Morgan fingerprint density at radius 1 is 1.26 bits per heavy atom. The minimum Gasteiger partial charge on any atom is -0.497 e. The lowest BCUT2D eigenvalue weighted by molar-refractivity contribution is 0.413. The van der Waals surface area contributed by atoms with Crippen molar-refractivity contribution in [2.24, 2.45) is 0 Å². The summed E-state index contributed by atoms with van der Waals surface area (Å²) in [5, 5.41) is 3.48. The molecule has 0 aliphatic carbocycles. The molecule has 0 spiro atoms. The predicted octanol–water partition coefficient (Wildman–Crippen LogP) is 3.55. The third-order valence-corrected chi connectivity index (χ3v) is 3.33. The van der Waals surface area contributed by atoms with Gasteiger partial charge < -0.3 is 10.1 Å². The van der Waals surface area contributed by atoms with Crippen LogP contribution in [0.2, 0.25) is 0 Å². The Morgan fingerprint density at radius 2 is 2.11 bits per heavy atom. The van der Waals surface area contributed by atoms with Gasteiger partial charge in [0.25, 0.3) is 0 Å². The predicted molar refractivity (Wildman–Crippen MR) is 80.5 cm³/mol. The van der Waals surface area contributed by atoms with Crippen LogP contribution in [0.4, 0.5) is 0 Å². The van der Waals surface area contributed by atoms with Gasteiger partial charge in [-0.05, 0) is 51.8 Å². The number of aromatic nitrogens is 1. The second kappa shape index (κ2) is 6.68. The molecule has 4 heteroatoms. The minimum atomic E-state index is 0.116. The maximum atomic E-state index is 5.29. The summed E-state index contributed by atoms with van der Waals surface area (Å²) in [5.41, 5.74) is 2.30. The van der Waals surface area contributed by atoms with E-state index in [1.54, 1.807) is 13.3 Å². The van der Waals surface area contributed by atoms with Crippen LogP contribution in [-0.4, -0.2) is 18.6 Å². The standard InChI is InChI=1S/C15H17BrN2O/c1-3-18-15(12-7-13(16)10-17-9-12)11-5-4-6-14(8-11)19-2/h4-10,15,18H,3H2,1-2H3. The van der Waals surface area contributed by atoms with Gasteiger partial charge in [0.1, 0.15) is 5.75 Å². The first kappa shape index (κ1) is 14.0. The number of hydrogen-bond acceptors (Lipinski definition) is 3. The Hall–Kier alpha value is -1.39. The maximum absolute atomic E-state index is 5.29. The second-order valence-electron chi connectivity index (χ2n) is 4.20. The normalized spacial score (nSPS) is 12.2. The minimum absolute atomic E-state index is 0.116. The Kier molecular flexibility index (Phi) is 4.93. The van der Waals surface area contributed by atoms with Crippen LogP contribution in [0.15, 0.2) is 47.2 Å². The third kappa shape index (κ3) is 3.55. The summed E-state index contributed by atoms with van der Waals surface area (Å²) in [6, 6.07) is 10.3. The van der Waals surface area contributed by atoms with Crippen molar-refractivity contribution in [2.45, 2.75) is 13.0 Å². The van der Waals surface area contributed by atoms with E-state index in [2.05, 4.69) is 45.3 Å². The molecule has 3 nitrogen and oxygen atoms in total. The van der Waals surface area contributed by atoms with E-state index in [4.69, 9.17) is 4.74 Å². The number of pyridine rings is 1. The van der Waals surface area contributed by atoms with E-state index in [1.807, 2.05) is 24.4 Å². The van der Waals surface area contributed by atoms with Crippen LogP contribution < -0.4 is 10.1 Å². The number of nitrogens with zero attached hydrogens (tertiary/aromatic N) is 1. The molecule has 1 unspecified atom stereocenters. The molecule has 2 aromatic rings. The van der Waals surface area contributed by atoms with E-state index in [0.29, 0.717) is 0 Å². The van der Waals surface area contributed by atoms with Crippen LogP contribution in [0.1, 0.15) is 24.1 Å². The number of methoxy groups -OCH3 is 1. The number of hydrogen-bond donors (Lipinski definition) is 1. The van der Waals surface area contributed by atoms with Crippen molar-refractivity contribution < 1.29 is 4.74 Å². The van der Waals surface area contributed by atoms with Gasteiger partial charge in [-0.2, -0.15) is 0 Å². The number of rotatable bonds is 5. The summed E-state index contributed by atoms with van der Waals surface area (Å²) >= 11 is 3.47. The molecule has 2 rings (SSSR count). The van der Waals surface area contributed by atoms with Crippen molar-refractivity contribution in [2.75, 3.05) is 13.7 Å². The largest absolute Gasteiger partial charge is 0.497 e. The second-order valence-corrected chi connectivity index (χ2v) is 5.12. The Balaban J connectivity index is 2.38. The monoisotopic (exact) mass is 320 g/mol.